The van der Waals surface area contributed by atoms with Crippen LogP contribution in [0.25, 0.3) is 28.4 Å². The quantitative estimate of drug-likeness (QED) is 0.134. The Kier molecular flexibility index (Phi) is 6.91. The molecule has 5 rings (SSSR count). The minimum Gasteiger partial charge on any atom is -0.494 e. The maximum Gasteiger partial charge on any atom is 0.291 e. The number of ether oxygens (including phenoxy) is 1. The van der Waals surface area contributed by atoms with E-state index in [1.165, 1.54) is 25.3 Å². The van der Waals surface area contributed by atoms with Crippen molar-refractivity contribution in [2.45, 2.75) is 0 Å². The van der Waals surface area contributed by atoms with Gasteiger partial charge in [0.25, 0.3) is 11.6 Å². The molecule has 0 atom stereocenters. The van der Waals surface area contributed by atoms with E-state index in [2.05, 4.69) is 10.6 Å². The van der Waals surface area contributed by atoms with Crippen LogP contribution in [0.4, 0.5) is 17.1 Å². The second-order valence-electron chi connectivity index (χ2n) is 8.32. The summed E-state index contributed by atoms with van der Waals surface area (Å²) < 4.78 is 16.7. The highest BCUT2D eigenvalue weighted by Gasteiger charge is 2.17. The van der Waals surface area contributed by atoms with Crippen LogP contribution in [0.5, 0.6) is 5.75 Å². The molecule has 0 fully saturated rings. The predicted molar refractivity (Wildman–Crippen MR) is 146 cm³/mol. The molecule has 0 spiro atoms. The van der Waals surface area contributed by atoms with E-state index in [0.717, 1.165) is 5.39 Å². The van der Waals surface area contributed by atoms with Crippen molar-refractivity contribution in [1.82, 2.24) is 0 Å². The fraction of sp³-hybridized carbons (Fsp3) is 0.0345. The van der Waals surface area contributed by atoms with E-state index < -0.39 is 16.7 Å². The lowest BCUT2D eigenvalue weighted by Gasteiger charge is -2.11. The first-order chi connectivity index (χ1) is 18.9. The standard InChI is InChI=1S/C29H21N3O7/c1-37-26-17-19(10-13-22(26)31-29(34)27-16-18-6-2-5-9-24(18)39-27)30-28(33)15-12-20-11-14-25(38-20)21-7-3-4-8-23(21)32(35)36/h2-17H,1H3,(H,30,33)(H,31,34). The zero-order valence-corrected chi connectivity index (χ0v) is 20.5. The lowest BCUT2D eigenvalue weighted by molar-refractivity contribution is -0.384. The number of para-hydroxylation sites is 2. The molecule has 0 bridgehead atoms. The third-order valence-electron chi connectivity index (χ3n) is 5.76. The lowest BCUT2D eigenvalue weighted by Crippen LogP contribution is -2.12. The summed E-state index contributed by atoms with van der Waals surface area (Å²) in [5, 5.41) is 17.5. The van der Waals surface area contributed by atoms with E-state index in [1.807, 2.05) is 18.2 Å². The Morgan fingerprint density at radius 1 is 0.923 bits per heavy atom. The number of benzene rings is 3. The highest BCUT2D eigenvalue weighted by Crippen LogP contribution is 2.32. The number of nitrogens with one attached hydrogen (secondary N) is 2. The Morgan fingerprint density at radius 3 is 2.51 bits per heavy atom. The van der Waals surface area contributed by atoms with Gasteiger partial charge in [-0.25, -0.2) is 0 Å². The summed E-state index contributed by atoms with van der Waals surface area (Å²) >= 11 is 0. The minimum absolute atomic E-state index is 0.0775. The van der Waals surface area contributed by atoms with E-state index in [9.17, 15) is 19.7 Å². The smallest absolute Gasteiger partial charge is 0.291 e. The van der Waals surface area contributed by atoms with Crippen molar-refractivity contribution < 1.29 is 28.1 Å². The maximum absolute atomic E-state index is 12.7. The number of carbonyl (C=O) groups is 2. The van der Waals surface area contributed by atoms with Crippen LogP contribution in [0.3, 0.4) is 0 Å². The van der Waals surface area contributed by atoms with Gasteiger partial charge in [-0.3, -0.25) is 19.7 Å². The van der Waals surface area contributed by atoms with Crippen molar-refractivity contribution in [3.8, 4) is 17.1 Å². The Balaban J connectivity index is 1.24. The molecule has 0 aliphatic carbocycles. The molecule has 10 nitrogen and oxygen atoms in total. The number of nitrogens with zero attached hydrogens (tertiary/aromatic N) is 1. The number of fused-ring (bicyclic) bond motifs is 1. The summed E-state index contributed by atoms with van der Waals surface area (Å²) in [4.78, 5) is 36.0. The number of anilines is 2. The summed E-state index contributed by atoms with van der Waals surface area (Å²) in [5.41, 5.74) is 1.70. The first-order valence-corrected chi connectivity index (χ1v) is 11.7. The number of hydrogen-bond acceptors (Lipinski definition) is 7. The minimum atomic E-state index is -0.481. The second kappa shape index (κ2) is 10.8. The van der Waals surface area contributed by atoms with Crippen LogP contribution in [0, 0.1) is 10.1 Å². The van der Waals surface area contributed by atoms with Crippen molar-refractivity contribution >= 4 is 45.9 Å². The topological polar surface area (TPSA) is 137 Å². The van der Waals surface area contributed by atoms with Crippen LogP contribution in [0.2, 0.25) is 0 Å². The number of nitro groups is 1. The molecule has 2 amide bonds. The molecule has 0 aliphatic rings. The molecule has 10 heteroatoms. The van der Waals surface area contributed by atoms with Gasteiger partial charge in [0, 0.05) is 29.3 Å². The summed E-state index contributed by atoms with van der Waals surface area (Å²) in [7, 11) is 1.45. The monoisotopic (exact) mass is 523 g/mol. The van der Waals surface area contributed by atoms with Gasteiger partial charge in [-0.15, -0.1) is 0 Å². The zero-order valence-electron chi connectivity index (χ0n) is 20.5. The first-order valence-electron chi connectivity index (χ1n) is 11.7. The van der Waals surface area contributed by atoms with Gasteiger partial charge in [0.2, 0.25) is 5.91 Å². The van der Waals surface area contributed by atoms with Gasteiger partial charge < -0.3 is 24.2 Å². The highest BCUT2D eigenvalue weighted by atomic mass is 16.6. The molecule has 0 saturated heterocycles. The Hall–Kier alpha value is -5.64. The molecule has 0 aliphatic heterocycles. The van der Waals surface area contributed by atoms with Gasteiger partial charge in [0.05, 0.1) is 23.3 Å². The van der Waals surface area contributed by atoms with Gasteiger partial charge >= 0.3 is 0 Å². The van der Waals surface area contributed by atoms with Crippen molar-refractivity contribution in [1.29, 1.82) is 0 Å². The molecule has 2 N–H and O–H groups in total. The van der Waals surface area contributed by atoms with Crippen LogP contribution >= 0.6 is 0 Å². The maximum atomic E-state index is 12.7. The van der Waals surface area contributed by atoms with E-state index in [-0.39, 0.29) is 11.4 Å². The third-order valence-corrected chi connectivity index (χ3v) is 5.76. The third kappa shape index (κ3) is 5.54. The Morgan fingerprint density at radius 2 is 1.72 bits per heavy atom. The lowest BCUT2D eigenvalue weighted by atomic mass is 10.1. The van der Waals surface area contributed by atoms with E-state index in [4.69, 9.17) is 13.6 Å². The van der Waals surface area contributed by atoms with Crippen molar-refractivity contribution in [2.24, 2.45) is 0 Å². The summed E-state index contributed by atoms with van der Waals surface area (Å²) in [6, 6.07) is 23.2. The number of nitro benzene ring substituents is 1. The number of hydrogen-bond donors (Lipinski definition) is 2. The van der Waals surface area contributed by atoms with Gasteiger partial charge in [-0.1, -0.05) is 30.3 Å². The molecule has 39 heavy (non-hydrogen) atoms. The highest BCUT2D eigenvalue weighted by molar-refractivity contribution is 6.06. The van der Waals surface area contributed by atoms with Crippen LogP contribution < -0.4 is 15.4 Å². The molecular weight excluding hydrogens is 502 g/mol. The molecule has 2 heterocycles. The van der Waals surface area contributed by atoms with Crippen LogP contribution in [-0.4, -0.2) is 23.8 Å². The number of rotatable bonds is 8. The molecule has 0 unspecified atom stereocenters. The average molecular weight is 524 g/mol. The normalized spacial score (nSPS) is 11.0. The fourth-order valence-corrected chi connectivity index (χ4v) is 3.92. The molecule has 0 radical (unpaired) electrons. The largest absolute Gasteiger partial charge is 0.494 e. The van der Waals surface area contributed by atoms with Gasteiger partial charge in [-0.2, -0.15) is 0 Å². The summed E-state index contributed by atoms with van der Waals surface area (Å²) in [6.07, 6.45) is 2.72. The van der Waals surface area contributed by atoms with Crippen molar-refractivity contribution in [3.63, 3.8) is 0 Å². The molecule has 2 aromatic heterocycles. The zero-order chi connectivity index (χ0) is 27.4. The summed E-state index contributed by atoms with van der Waals surface area (Å²) in [6.45, 7) is 0. The van der Waals surface area contributed by atoms with Gasteiger partial charge in [0.15, 0.2) is 5.76 Å². The van der Waals surface area contributed by atoms with Crippen molar-refractivity contribution in [2.75, 3.05) is 17.7 Å². The number of methoxy groups -OCH3 is 1. The van der Waals surface area contributed by atoms with Gasteiger partial charge in [0.1, 0.15) is 22.9 Å². The number of carbonyl (C=O) groups excluding carboxylic acids is 2. The Bertz CT molecular complexity index is 1700. The van der Waals surface area contributed by atoms with E-state index in [1.54, 1.807) is 60.7 Å². The molecule has 3 aromatic carbocycles. The van der Waals surface area contributed by atoms with E-state index in [0.29, 0.717) is 39.8 Å². The van der Waals surface area contributed by atoms with Crippen molar-refractivity contribution in [3.05, 3.63) is 113 Å². The van der Waals surface area contributed by atoms with Gasteiger partial charge in [-0.05, 0) is 48.5 Å². The number of furan rings is 2. The number of amides is 2. The SMILES string of the molecule is COc1cc(NC(=O)C=Cc2ccc(-c3ccccc3[N+](=O)[O-])o2)ccc1NC(=O)c1cc2ccccc2o1. The fourth-order valence-electron chi connectivity index (χ4n) is 3.92. The Labute approximate surface area is 221 Å². The van der Waals surface area contributed by atoms with Crippen LogP contribution in [0.1, 0.15) is 16.3 Å². The molecule has 0 saturated carbocycles. The average Bonchev–Trinajstić information content (AvgIpc) is 3.60. The predicted octanol–water partition coefficient (Wildman–Crippen LogP) is 6.51. The van der Waals surface area contributed by atoms with E-state index >= 15 is 0 Å². The second-order valence-corrected chi connectivity index (χ2v) is 8.32. The first kappa shape index (κ1) is 25.0. The molecule has 5 aromatic rings. The van der Waals surface area contributed by atoms with Crippen LogP contribution in [0.15, 0.2) is 99.8 Å². The summed E-state index contributed by atoms with van der Waals surface area (Å²) in [5.74, 6) is 0.264. The van der Waals surface area contributed by atoms with Crippen LogP contribution in [-0.2, 0) is 4.79 Å². The molecule has 194 valence electrons. The molecular formula is C29H21N3O7.